The second-order valence-electron chi connectivity index (χ2n) is 4.07. The van der Waals surface area contributed by atoms with Gasteiger partial charge < -0.3 is 14.7 Å². The lowest BCUT2D eigenvalue weighted by atomic mass is 10.1. The van der Waals surface area contributed by atoms with Crippen LogP contribution < -0.4 is 0 Å². The summed E-state index contributed by atoms with van der Waals surface area (Å²) in [5.41, 5.74) is 0. The van der Waals surface area contributed by atoms with Crippen molar-refractivity contribution in [3.05, 3.63) is 0 Å². The second kappa shape index (κ2) is 7.28. The van der Waals surface area contributed by atoms with Gasteiger partial charge in [0.2, 0.25) is 0 Å². The molecule has 1 atom stereocenters. The number of amides is 1. The lowest BCUT2D eigenvalue weighted by molar-refractivity contribution is -0.205. The van der Waals surface area contributed by atoms with Gasteiger partial charge in [0, 0.05) is 13.5 Å². The van der Waals surface area contributed by atoms with E-state index in [-0.39, 0.29) is 4.90 Å². The number of hydrogen-bond acceptors (Lipinski definition) is 5. The summed E-state index contributed by atoms with van der Waals surface area (Å²) in [5.74, 6) is -9.36. The highest BCUT2D eigenvalue weighted by Gasteiger charge is 2.47. The predicted octanol–water partition coefficient (Wildman–Crippen LogP) is 0.873. The number of carbonyl (C=O) groups excluding carboxylic acids is 3. The van der Waals surface area contributed by atoms with Crippen molar-refractivity contribution < 1.29 is 55.4 Å². The number of carboxylic acids is 1. The van der Waals surface area contributed by atoms with Crippen molar-refractivity contribution in [3.8, 4) is 0 Å². The molecular formula is C10H9F6NO6. The fourth-order valence-electron chi connectivity index (χ4n) is 1.29. The van der Waals surface area contributed by atoms with E-state index in [0.29, 0.717) is 7.05 Å². The summed E-state index contributed by atoms with van der Waals surface area (Å²) in [6.45, 7) is 0. The maximum Gasteiger partial charge on any atom is 0.491 e. The van der Waals surface area contributed by atoms with Gasteiger partial charge in [-0.3, -0.25) is 9.59 Å². The number of carboxylic acid groups (broad SMARTS) is 1. The molecule has 0 bridgehead atoms. The predicted molar refractivity (Wildman–Crippen MR) is 56.6 cm³/mol. The average Bonchev–Trinajstić information content (AvgIpc) is 2.34. The van der Waals surface area contributed by atoms with Crippen LogP contribution in [0.2, 0.25) is 0 Å². The van der Waals surface area contributed by atoms with E-state index in [1.165, 1.54) is 0 Å². The first-order valence-corrected chi connectivity index (χ1v) is 5.56. The number of nitrogens with zero attached hydrogens (tertiary/aromatic N) is 1. The van der Waals surface area contributed by atoms with E-state index >= 15 is 0 Å². The molecule has 1 amide bonds. The first-order valence-electron chi connectivity index (χ1n) is 5.56. The van der Waals surface area contributed by atoms with E-state index in [4.69, 9.17) is 5.11 Å². The minimum atomic E-state index is -5.60. The van der Waals surface area contributed by atoms with Crippen molar-refractivity contribution in [3.63, 3.8) is 0 Å². The lowest BCUT2D eigenvalue weighted by Gasteiger charge is -2.26. The zero-order valence-corrected chi connectivity index (χ0v) is 11.2. The summed E-state index contributed by atoms with van der Waals surface area (Å²) in [6, 6.07) is -2.34. The van der Waals surface area contributed by atoms with Gasteiger partial charge in [0.15, 0.2) is 0 Å². The Labute approximate surface area is 123 Å². The highest BCUT2D eigenvalue weighted by atomic mass is 19.4. The van der Waals surface area contributed by atoms with Crippen LogP contribution in [0.5, 0.6) is 0 Å². The van der Waals surface area contributed by atoms with Gasteiger partial charge >= 0.3 is 36.2 Å². The highest BCUT2D eigenvalue weighted by Crippen LogP contribution is 2.22. The molecule has 1 unspecified atom stereocenters. The molecule has 0 aromatic carbocycles. The van der Waals surface area contributed by atoms with Crippen molar-refractivity contribution in [2.75, 3.05) is 7.05 Å². The Morgan fingerprint density at radius 1 is 1.04 bits per heavy atom. The highest BCUT2D eigenvalue weighted by molar-refractivity contribution is 5.94. The summed E-state index contributed by atoms with van der Waals surface area (Å²) in [6.07, 6.45) is -13.0. The quantitative estimate of drug-likeness (QED) is 0.447. The molecule has 1 N–H and O–H groups in total. The Bertz CT molecular complexity index is 499. The van der Waals surface area contributed by atoms with Crippen molar-refractivity contribution in [1.29, 1.82) is 0 Å². The molecule has 0 saturated carbocycles. The van der Waals surface area contributed by atoms with Crippen molar-refractivity contribution in [2.24, 2.45) is 0 Å². The van der Waals surface area contributed by atoms with Crippen molar-refractivity contribution in [1.82, 2.24) is 4.90 Å². The van der Waals surface area contributed by atoms with Gasteiger partial charge in [-0.1, -0.05) is 0 Å². The number of alkyl halides is 6. The standard InChI is InChI=1S/C10H9F6NO6/c1-17(7(21)9(11,12)13)4(2-3-5(18)19)6(20)23-8(22)10(14,15)16/h4H,2-3H2,1H3,(H,18,19). The minimum absolute atomic E-state index is 0.338. The van der Waals surface area contributed by atoms with Crippen LogP contribution >= 0.6 is 0 Å². The third-order valence-electron chi connectivity index (χ3n) is 2.36. The van der Waals surface area contributed by atoms with Gasteiger partial charge in [-0.05, 0) is 6.42 Å². The fourth-order valence-corrected chi connectivity index (χ4v) is 1.29. The SMILES string of the molecule is CN(C(=O)C(F)(F)F)C(CCC(=O)O)C(=O)OC(=O)C(F)(F)F. The normalized spacial score (nSPS) is 13.2. The van der Waals surface area contributed by atoms with Gasteiger partial charge in [-0.25, -0.2) is 9.59 Å². The number of halogens is 6. The van der Waals surface area contributed by atoms with E-state index in [1.807, 2.05) is 0 Å². The molecule has 0 radical (unpaired) electrons. The number of esters is 2. The minimum Gasteiger partial charge on any atom is -0.481 e. The summed E-state index contributed by atoms with van der Waals surface area (Å²) in [4.78, 5) is 42.9. The number of aliphatic carboxylic acids is 1. The van der Waals surface area contributed by atoms with Crippen LogP contribution in [-0.2, 0) is 23.9 Å². The van der Waals surface area contributed by atoms with E-state index in [1.54, 1.807) is 0 Å². The zero-order valence-electron chi connectivity index (χ0n) is 11.2. The van der Waals surface area contributed by atoms with Gasteiger partial charge in [-0.15, -0.1) is 0 Å². The topological polar surface area (TPSA) is 101 Å². The van der Waals surface area contributed by atoms with E-state index in [9.17, 15) is 45.5 Å². The molecule has 0 spiro atoms. The molecule has 23 heavy (non-hydrogen) atoms. The first-order chi connectivity index (χ1) is 10.2. The molecule has 0 fully saturated rings. The van der Waals surface area contributed by atoms with Crippen LogP contribution in [-0.4, -0.2) is 59.3 Å². The summed E-state index contributed by atoms with van der Waals surface area (Å²) < 4.78 is 76.0. The molecule has 7 nitrogen and oxygen atoms in total. The number of rotatable bonds is 5. The van der Waals surface area contributed by atoms with E-state index < -0.39 is 55.1 Å². The Hall–Kier alpha value is -2.34. The van der Waals surface area contributed by atoms with E-state index in [2.05, 4.69) is 4.74 Å². The molecule has 0 aromatic heterocycles. The third-order valence-corrected chi connectivity index (χ3v) is 2.36. The lowest BCUT2D eigenvalue weighted by Crippen LogP contribution is -2.49. The first kappa shape index (κ1) is 20.7. The Morgan fingerprint density at radius 3 is 1.87 bits per heavy atom. The maximum atomic E-state index is 12.3. The molecule has 0 aliphatic rings. The van der Waals surface area contributed by atoms with Crippen molar-refractivity contribution in [2.45, 2.75) is 31.2 Å². The van der Waals surface area contributed by atoms with Crippen LogP contribution in [0.15, 0.2) is 0 Å². The van der Waals surface area contributed by atoms with Gasteiger partial charge in [-0.2, -0.15) is 26.3 Å². The van der Waals surface area contributed by atoms with Crippen LogP contribution in [0.1, 0.15) is 12.8 Å². The molecular weight excluding hydrogens is 344 g/mol. The number of likely N-dealkylation sites (N-methyl/N-ethyl adjacent to an activating group) is 1. The van der Waals surface area contributed by atoms with Gasteiger partial charge in [0.05, 0.1) is 0 Å². The smallest absolute Gasteiger partial charge is 0.481 e. The van der Waals surface area contributed by atoms with E-state index in [0.717, 1.165) is 0 Å². The number of carbonyl (C=O) groups is 4. The molecule has 0 saturated heterocycles. The summed E-state index contributed by atoms with van der Waals surface area (Å²) >= 11 is 0. The third kappa shape index (κ3) is 6.52. The van der Waals surface area contributed by atoms with Gasteiger partial charge in [0.1, 0.15) is 6.04 Å². The number of hydrogen-bond donors (Lipinski definition) is 1. The van der Waals surface area contributed by atoms with Gasteiger partial charge in [0.25, 0.3) is 0 Å². The second-order valence-corrected chi connectivity index (χ2v) is 4.07. The van der Waals surface area contributed by atoms with Crippen LogP contribution in [0.25, 0.3) is 0 Å². The maximum absolute atomic E-state index is 12.3. The number of ether oxygens (including phenoxy) is 1. The van der Waals surface area contributed by atoms with Crippen LogP contribution in [0, 0.1) is 0 Å². The Balaban J connectivity index is 5.29. The zero-order chi connectivity index (χ0) is 18.6. The summed E-state index contributed by atoms with van der Waals surface area (Å²) in [7, 11) is 0.404. The Morgan fingerprint density at radius 2 is 1.52 bits per heavy atom. The van der Waals surface area contributed by atoms with Crippen LogP contribution in [0.3, 0.4) is 0 Å². The summed E-state index contributed by atoms with van der Waals surface area (Å²) in [5, 5.41) is 8.41. The molecule has 132 valence electrons. The molecule has 0 aliphatic carbocycles. The molecule has 0 aromatic rings. The molecule has 0 heterocycles. The van der Waals surface area contributed by atoms with Crippen molar-refractivity contribution >= 4 is 23.8 Å². The molecule has 0 rings (SSSR count). The average molecular weight is 353 g/mol. The largest absolute Gasteiger partial charge is 0.491 e. The molecule has 0 aliphatic heterocycles. The van der Waals surface area contributed by atoms with Crippen LogP contribution in [0.4, 0.5) is 26.3 Å². The fraction of sp³-hybridized carbons (Fsp3) is 0.600. The monoisotopic (exact) mass is 353 g/mol. The Kier molecular flexibility index (Phi) is 6.54. The molecule has 13 heteroatoms.